The van der Waals surface area contributed by atoms with E-state index >= 15 is 0 Å². The van der Waals surface area contributed by atoms with Crippen LogP contribution in [-0.4, -0.2) is 97.7 Å². The number of imidazole rings is 2. The maximum atomic E-state index is 14.0. The van der Waals surface area contributed by atoms with Crippen LogP contribution in [0.1, 0.15) is 135 Å². The van der Waals surface area contributed by atoms with Crippen LogP contribution >= 0.6 is 0 Å². The molecule has 0 spiro atoms. The fourth-order valence-electron chi connectivity index (χ4n) is 11.0. The first-order valence-electron chi connectivity index (χ1n) is 26.0. The average Bonchev–Trinajstić information content (AvgIpc) is 4.26. The minimum Gasteiger partial charge on any atom is -0.453 e. The maximum Gasteiger partial charge on any atom is 0.407 e. The zero-order chi connectivity index (χ0) is 51.6. The lowest BCUT2D eigenvalue weighted by molar-refractivity contribution is -0.147. The second-order valence-electron chi connectivity index (χ2n) is 22.1. The Bertz CT molecular complexity index is 2730. The molecule has 1 saturated carbocycles. The quantitative estimate of drug-likeness (QED) is 0.0935. The molecular formula is C58H71N9O6. The molecule has 4 atom stereocenters. The Morgan fingerprint density at radius 3 is 1.56 bits per heavy atom. The van der Waals surface area contributed by atoms with Crippen LogP contribution < -0.4 is 10.6 Å². The first-order chi connectivity index (χ1) is 35.0. The Balaban J connectivity index is 0.970. The van der Waals surface area contributed by atoms with Crippen LogP contribution in [0.4, 0.5) is 9.59 Å². The molecule has 0 unspecified atom stereocenters. The topological polar surface area (TPSA) is 180 Å². The molecule has 5 heterocycles. The first kappa shape index (κ1) is 50.8. The van der Waals surface area contributed by atoms with Crippen LogP contribution in [0.5, 0.6) is 0 Å². The predicted octanol–water partition coefficient (Wildman–Crippen LogP) is 11.5. The Morgan fingerprint density at radius 1 is 0.603 bits per heavy atom. The zero-order valence-electron chi connectivity index (χ0n) is 43.6. The van der Waals surface area contributed by atoms with E-state index < -0.39 is 35.2 Å². The molecule has 4 N–H and O–H groups in total. The molecule has 384 valence electrons. The highest BCUT2D eigenvalue weighted by Gasteiger charge is 2.43. The second kappa shape index (κ2) is 21.1. The van der Waals surface area contributed by atoms with Gasteiger partial charge in [0, 0.05) is 31.2 Å². The normalized spacial score (nSPS) is 18.4. The molecule has 0 radical (unpaired) electrons. The third kappa shape index (κ3) is 10.8. The molecule has 4 amide bonds. The molecule has 1 aliphatic carbocycles. The summed E-state index contributed by atoms with van der Waals surface area (Å²) < 4.78 is 12.8. The number of nitrogens with one attached hydrogen (secondary N) is 4. The van der Waals surface area contributed by atoms with Crippen LogP contribution in [0.3, 0.4) is 0 Å². The Labute approximate surface area is 428 Å². The van der Waals surface area contributed by atoms with Gasteiger partial charge in [-0.3, -0.25) is 9.59 Å². The molecule has 15 heteroatoms. The maximum absolute atomic E-state index is 14.0. The summed E-state index contributed by atoms with van der Waals surface area (Å²) in [4.78, 5) is 72.7. The van der Waals surface area contributed by atoms with Gasteiger partial charge in [-0.05, 0) is 102 Å². The van der Waals surface area contributed by atoms with Crippen molar-refractivity contribution < 1.29 is 28.7 Å². The summed E-state index contributed by atoms with van der Waals surface area (Å²) in [6.07, 6.45) is 11.0. The van der Waals surface area contributed by atoms with Crippen molar-refractivity contribution >= 4 is 24.0 Å². The third-order valence-electron chi connectivity index (χ3n) is 15.0. The number of H-pyrrole nitrogens is 2. The number of ether oxygens (including phenoxy) is 2. The molecule has 3 aromatic carbocycles. The molecule has 0 bridgehead atoms. The van der Waals surface area contributed by atoms with E-state index in [1.54, 1.807) is 4.90 Å². The number of likely N-dealkylation sites (tertiary alicyclic amines) is 2. The van der Waals surface area contributed by atoms with Gasteiger partial charge in [0.15, 0.2) is 6.10 Å². The van der Waals surface area contributed by atoms with Gasteiger partial charge in [-0.15, -0.1) is 0 Å². The van der Waals surface area contributed by atoms with E-state index in [0.717, 1.165) is 82.2 Å². The number of carbonyl (C=O) groups excluding carboxylic acids is 4. The van der Waals surface area contributed by atoms with Gasteiger partial charge in [-0.25, -0.2) is 19.6 Å². The number of alkyl carbamates (subject to hydrolysis) is 2. The zero-order valence-corrected chi connectivity index (χ0v) is 43.6. The van der Waals surface area contributed by atoms with Gasteiger partial charge < -0.3 is 44.4 Å². The van der Waals surface area contributed by atoms with E-state index in [-0.39, 0.29) is 23.9 Å². The molecule has 3 aliphatic rings. The number of methoxy groups -OCH3 is 1. The summed E-state index contributed by atoms with van der Waals surface area (Å²) in [7, 11) is 2.79. The Hall–Kier alpha value is -7.16. The fourth-order valence-corrected chi connectivity index (χ4v) is 11.0. The Morgan fingerprint density at radius 2 is 1.10 bits per heavy atom. The number of benzene rings is 3. The van der Waals surface area contributed by atoms with Crippen molar-refractivity contribution in [1.29, 1.82) is 0 Å². The van der Waals surface area contributed by atoms with Crippen LogP contribution in [0, 0.1) is 10.8 Å². The van der Waals surface area contributed by atoms with Crippen LogP contribution in [0.2, 0.25) is 0 Å². The molecular weight excluding hydrogens is 919 g/mol. The van der Waals surface area contributed by atoms with E-state index in [2.05, 4.69) is 110 Å². The van der Waals surface area contributed by atoms with Gasteiger partial charge in [0.2, 0.25) is 5.91 Å². The van der Waals surface area contributed by atoms with Crippen molar-refractivity contribution in [2.75, 3.05) is 27.2 Å². The molecule has 15 nitrogen and oxygen atoms in total. The summed E-state index contributed by atoms with van der Waals surface area (Å²) in [6, 6.07) is 29.3. The van der Waals surface area contributed by atoms with E-state index in [0.29, 0.717) is 24.8 Å². The number of aromatic amines is 2. The number of carbonyl (C=O) groups is 4. The van der Waals surface area contributed by atoms with Crippen molar-refractivity contribution in [2.45, 2.75) is 129 Å². The predicted molar refractivity (Wildman–Crippen MR) is 283 cm³/mol. The number of rotatable bonds is 12. The van der Waals surface area contributed by atoms with Gasteiger partial charge in [-0.2, -0.15) is 0 Å². The molecule has 2 saturated heterocycles. The number of aromatic nitrogens is 5. The summed E-state index contributed by atoms with van der Waals surface area (Å²) in [6.45, 7) is 12.6. The van der Waals surface area contributed by atoms with Gasteiger partial charge in [0.25, 0.3) is 5.91 Å². The summed E-state index contributed by atoms with van der Waals surface area (Å²) in [5.74, 6) is 1.65. The second-order valence-corrected chi connectivity index (χ2v) is 22.1. The Kier molecular flexibility index (Phi) is 14.7. The lowest BCUT2D eigenvalue weighted by atomic mass is 9.84. The van der Waals surface area contributed by atoms with Gasteiger partial charge in [0.1, 0.15) is 17.7 Å². The van der Waals surface area contributed by atoms with Crippen LogP contribution in [0.15, 0.2) is 97.3 Å². The SMILES string of the molecule is CNC(=O)O[C@H](C(=O)N1CCC[C@H]1c1ncc(-c2ccc(-c3ccc(-c4ccc(-c5cnc([C@@H]6CCCN6C(=O)[C@@H](NC(=O)OC)C(C)(C)C)[nH]5)cc4)n3-c3ccc(C4CCCCC4)cc3)cc2)[nH]1)C(C)(C)C. The molecule has 3 aromatic heterocycles. The highest BCUT2D eigenvalue weighted by molar-refractivity contribution is 5.87. The van der Waals surface area contributed by atoms with Crippen LogP contribution in [0.25, 0.3) is 50.7 Å². The van der Waals surface area contributed by atoms with E-state index in [1.807, 2.05) is 58.8 Å². The van der Waals surface area contributed by atoms with Crippen molar-refractivity contribution in [2.24, 2.45) is 10.8 Å². The third-order valence-corrected chi connectivity index (χ3v) is 15.0. The molecule has 9 rings (SSSR count). The van der Waals surface area contributed by atoms with Crippen molar-refractivity contribution in [3.8, 4) is 50.7 Å². The molecule has 3 fully saturated rings. The number of hydrogen-bond acceptors (Lipinski definition) is 8. The number of hydrogen-bond donors (Lipinski definition) is 4. The average molecular weight is 990 g/mol. The minimum absolute atomic E-state index is 0.151. The number of nitrogens with zero attached hydrogens (tertiary/aromatic N) is 5. The van der Waals surface area contributed by atoms with Gasteiger partial charge >= 0.3 is 12.2 Å². The molecule has 73 heavy (non-hydrogen) atoms. The summed E-state index contributed by atoms with van der Waals surface area (Å²) in [5.41, 5.74) is 9.23. The molecule has 2 aliphatic heterocycles. The van der Waals surface area contributed by atoms with E-state index in [1.165, 1.54) is 51.8 Å². The van der Waals surface area contributed by atoms with Crippen LogP contribution in [-0.2, 0) is 19.1 Å². The van der Waals surface area contributed by atoms with Gasteiger partial charge in [-0.1, -0.05) is 121 Å². The lowest BCUT2D eigenvalue weighted by Gasteiger charge is -2.35. The van der Waals surface area contributed by atoms with Crippen molar-refractivity contribution in [3.63, 3.8) is 0 Å². The van der Waals surface area contributed by atoms with Crippen molar-refractivity contribution in [1.82, 2.24) is 44.9 Å². The summed E-state index contributed by atoms with van der Waals surface area (Å²) >= 11 is 0. The monoisotopic (exact) mass is 990 g/mol. The largest absolute Gasteiger partial charge is 0.453 e. The summed E-state index contributed by atoms with van der Waals surface area (Å²) in [5, 5.41) is 5.25. The van der Waals surface area contributed by atoms with E-state index in [4.69, 9.17) is 19.4 Å². The lowest BCUT2D eigenvalue weighted by Crippen LogP contribution is -2.54. The minimum atomic E-state index is -0.943. The molecule has 6 aromatic rings. The standard InChI is InChI=1S/C58H71N9O6/c1-57(2,3)49(64-56(71)72-8)53(68)65-32-12-16-47(65)51-60-34-43(62-51)38-18-22-40(23-19-38)45-30-31-46(67(45)42-28-26-37(27-29-42)36-14-10-9-11-15-36)41-24-20-39(21-25-41)44-35-61-52(63-44)48-17-13-33-66(48)54(69)50(58(4,5)6)73-55(70)59-7/h18-31,34-36,47-50H,9-17,32-33H2,1-8H3,(H,59,70)(H,60,62)(H,61,63)(H,64,71)/t47-,48-,49+,50+/m0/s1. The van der Waals surface area contributed by atoms with Crippen molar-refractivity contribution in [3.05, 3.63) is 115 Å². The number of amides is 4. The fraction of sp³-hybridized carbons (Fsp3) is 0.448. The smallest absolute Gasteiger partial charge is 0.407 e. The highest BCUT2D eigenvalue weighted by atomic mass is 16.6. The van der Waals surface area contributed by atoms with E-state index in [9.17, 15) is 19.2 Å². The van der Waals surface area contributed by atoms with Gasteiger partial charge in [0.05, 0.1) is 54.4 Å². The highest BCUT2D eigenvalue weighted by Crippen LogP contribution is 2.40. The first-order valence-corrected chi connectivity index (χ1v) is 26.0.